The van der Waals surface area contributed by atoms with E-state index in [1.165, 1.54) is 12.3 Å². The van der Waals surface area contributed by atoms with Crippen LogP contribution in [0.4, 0.5) is 11.6 Å². The van der Waals surface area contributed by atoms with E-state index in [1.807, 2.05) is 0 Å². The van der Waals surface area contributed by atoms with Gasteiger partial charge in [0.2, 0.25) is 5.95 Å². The number of halogens is 1. The number of anilines is 2. The van der Waals surface area contributed by atoms with Gasteiger partial charge in [-0.25, -0.2) is 18.4 Å². The number of hydrogen-bond acceptors (Lipinski definition) is 6. The number of sulfone groups is 1. The predicted molar refractivity (Wildman–Crippen MR) is 92.1 cm³/mol. The van der Waals surface area contributed by atoms with Crippen LogP contribution in [0, 0.1) is 0 Å². The Balaban J connectivity index is 1.71. The van der Waals surface area contributed by atoms with Gasteiger partial charge < -0.3 is 10.6 Å². The molecule has 1 amide bonds. The Bertz CT molecular complexity index is 873. The van der Waals surface area contributed by atoms with Gasteiger partial charge in [0.1, 0.15) is 5.69 Å². The number of carbonyl (C=O) groups excluding carboxylic acids is 1. The minimum absolute atomic E-state index is 0.0480. The smallest absolute Gasteiger partial charge is 0.274 e. The number of hydrogen-bond donors (Lipinski definition) is 2. The van der Waals surface area contributed by atoms with E-state index < -0.39 is 15.7 Å². The largest absolute Gasteiger partial charge is 0.350 e. The van der Waals surface area contributed by atoms with Gasteiger partial charge in [-0.05, 0) is 24.6 Å². The van der Waals surface area contributed by atoms with Crippen molar-refractivity contribution in [1.82, 2.24) is 9.97 Å². The molecule has 2 N–H and O–H groups in total. The lowest BCUT2D eigenvalue weighted by Gasteiger charge is -2.11. The lowest BCUT2D eigenvalue weighted by Crippen LogP contribution is -2.23. The highest BCUT2D eigenvalue weighted by molar-refractivity contribution is 7.91. The van der Waals surface area contributed by atoms with Crippen molar-refractivity contribution in [3.63, 3.8) is 0 Å². The molecule has 1 unspecified atom stereocenters. The number of nitrogens with one attached hydrogen (secondary N) is 2. The fourth-order valence-electron chi connectivity index (χ4n) is 2.40. The average Bonchev–Trinajstić information content (AvgIpc) is 2.88. The molecule has 3 rings (SSSR count). The molecule has 1 aliphatic rings. The quantitative estimate of drug-likeness (QED) is 0.858. The van der Waals surface area contributed by atoms with Gasteiger partial charge in [0, 0.05) is 12.2 Å². The Hall–Kier alpha value is -2.19. The molecule has 1 aromatic carbocycles. The number of nitrogens with zero attached hydrogens (tertiary/aromatic N) is 2. The van der Waals surface area contributed by atoms with Gasteiger partial charge in [-0.1, -0.05) is 23.7 Å². The lowest BCUT2D eigenvalue weighted by molar-refractivity contribution is 0.102. The molecular formula is C15H15ClN4O3S. The summed E-state index contributed by atoms with van der Waals surface area (Å²) in [6, 6.07) is 8.11. The van der Waals surface area contributed by atoms with E-state index in [1.54, 1.807) is 24.3 Å². The highest BCUT2D eigenvalue weighted by Crippen LogP contribution is 2.21. The maximum atomic E-state index is 12.3. The van der Waals surface area contributed by atoms with Gasteiger partial charge in [0.15, 0.2) is 9.84 Å². The van der Waals surface area contributed by atoms with E-state index in [9.17, 15) is 13.2 Å². The monoisotopic (exact) mass is 366 g/mol. The van der Waals surface area contributed by atoms with Crippen LogP contribution in [-0.2, 0) is 9.84 Å². The number of benzene rings is 1. The first-order valence-corrected chi connectivity index (χ1v) is 9.49. The molecule has 0 saturated carbocycles. The fraction of sp³-hybridized carbons (Fsp3) is 0.267. The van der Waals surface area contributed by atoms with E-state index in [2.05, 4.69) is 20.6 Å². The van der Waals surface area contributed by atoms with Crippen molar-refractivity contribution in [3.05, 3.63) is 47.2 Å². The van der Waals surface area contributed by atoms with Crippen LogP contribution in [0.15, 0.2) is 36.5 Å². The van der Waals surface area contributed by atoms with Crippen LogP contribution in [0.25, 0.3) is 0 Å². The highest BCUT2D eigenvalue weighted by atomic mass is 35.5. The predicted octanol–water partition coefficient (Wildman–Crippen LogP) is 1.98. The van der Waals surface area contributed by atoms with E-state index >= 15 is 0 Å². The molecule has 1 saturated heterocycles. The SMILES string of the molecule is O=C(Nc1ccccc1Cl)c1ccnc(NC2CCS(=O)(=O)C2)n1. The standard InChI is InChI=1S/C15H15ClN4O3S/c16-11-3-1-2-4-12(11)19-14(21)13-5-7-17-15(20-13)18-10-6-8-24(22,23)9-10/h1-5,7,10H,6,8-9H2,(H,19,21)(H,17,18,20). The van der Waals surface area contributed by atoms with Gasteiger partial charge in [0.05, 0.1) is 22.2 Å². The number of amides is 1. The van der Waals surface area contributed by atoms with Crippen molar-refractivity contribution in [1.29, 1.82) is 0 Å². The zero-order valence-corrected chi connectivity index (χ0v) is 14.1. The Labute approximate surface area is 144 Å². The van der Waals surface area contributed by atoms with Crippen LogP contribution >= 0.6 is 11.6 Å². The maximum Gasteiger partial charge on any atom is 0.274 e. The molecule has 2 aromatic rings. The number of rotatable bonds is 4. The number of para-hydroxylation sites is 1. The molecule has 1 fully saturated rings. The van der Waals surface area contributed by atoms with Gasteiger partial charge in [-0.3, -0.25) is 4.79 Å². The van der Waals surface area contributed by atoms with Crippen molar-refractivity contribution in [2.24, 2.45) is 0 Å². The summed E-state index contributed by atoms with van der Waals surface area (Å²) in [7, 11) is -3.00. The molecule has 0 aliphatic carbocycles. The molecule has 1 aromatic heterocycles. The van der Waals surface area contributed by atoms with Crippen LogP contribution in [0.5, 0.6) is 0 Å². The van der Waals surface area contributed by atoms with E-state index in [4.69, 9.17) is 11.6 Å². The summed E-state index contributed by atoms with van der Waals surface area (Å²) in [6.45, 7) is 0. The van der Waals surface area contributed by atoms with Gasteiger partial charge in [0.25, 0.3) is 5.91 Å². The molecule has 0 bridgehead atoms. The molecule has 24 heavy (non-hydrogen) atoms. The minimum Gasteiger partial charge on any atom is -0.350 e. The number of carbonyl (C=O) groups is 1. The fourth-order valence-corrected chi connectivity index (χ4v) is 4.25. The van der Waals surface area contributed by atoms with Gasteiger partial charge in [-0.2, -0.15) is 0 Å². The van der Waals surface area contributed by atoms with Gasteiger partial charge >= 0.3 is 0 Å². The van der Waals surface area contributed by atoms with Crippen LogP contribution in [0.1, 0.15) is 16.9 Å². The van der Waals surface area contributed by atoms with Gasteiger partial charge in [-0.15, -0.1) is 0 Å². The van der Waals surface area contributed by atoms with Crippen LogP contribution < -0.4 is 10.6 Å². The Morgan fingerprint density at radius 1 is 1.25 bits per heavy atom. The molecule has 126 valence electrons. The van der Waals surface area contributed by atoms with Crippen LogP contribution in [0.3, 0.4) is 0 Å². The second kappa shape index (κ2) is 6.74. The zero-order valence-electron chi connectivity index (χ0n) is 12.6. The third-order valence-corrected chi connectivity index (χ3v) is 5.67. The molecule has 0 spiro atoms. The zero-order chi connectivity index (χ0) is 17.2. The molecule has 7 nitrogen and oxygen atoms in total. The summed E-state index contributed by atoms with van der Waals surface area (Å²) in [4.78, 5) is 20.4. The van der Waals surface area contributed by atoms with Crippen molar-refractivity contribution in [2.45, 2.75) is 12.5 Å². The molecule has 2 heterocycles. The van der Waals surface area contributed by atoms with E-state index in [-0.39, 0.29) is 29.2 Å². The molecule has 9 heteroatoms. The third-order valence-electron chi connectivity index (χ3n) is 3.58. The molecule has 0 radical (unpaired) electrons. The summed E-state index contributed by atoms with van der Waals surface area (Å²) >= 11 is 6.01. The minimum atomic E-state index is -3.00. The summed E-state index contributed by atoms with van der Waals surface area (Å²) < 4.78 is 23.0. The Morgan fingerprint density at radius 3 is 2.75 bits per heavy atom. The topological polar surface area (TPSA) is 101 Å². The first-order chi connectivity index (χ1) is 11.4. The molecule has 1 aliphatic heterocycles. The summed E-state index contributed by atoms with van der Waals surface area (Å²) in [5, 5.41) is 6.06. The van der Waals surface area contributed by atoms with Crippen molar-refractivity contribution in [3.8, 4) is 0 Å². The molecule has 1 atom stereocenters. The van der Waals surface area contributed by atoms with Crippen LogP contribution in [0.2, 0.25) is 5.02 Å². The highest BCUT2D eigenvalue weighted by Gasteiger charge is 2.28. The van der Waals surface area contributed by atoms with E-state index in [0.717, 1.165) is 0 Å². The first-order valence-electron chi connectivity index (χ1n) is 7.29. The lowest BCUT2D eigenvalue weighted by atomic mass is 10.3. The Morgan fingerprint density at radius 2 is 2.04 bits per heavy atom. The third kappa shape index (κ3) is 4.01. The van der Waals surface area contributed by atoms with Crippen LogP contribution in [-0.4, -0.2) is 41.8 Å². The summed E-state index contributed by atoms with van der Waals surface area (Å²) in [6.07, 6.45) is 1.95. The average molecular weight is 367 g/mol. The van der Waals surface area contributed by atoms with Crippen molar-refractivity contribution >= 4 is 39.0 Å². The Kier molecular flexibility index (Phi) is 4.68. The van der Waals surface area contributed by atoms with Crippen molar-refractivity contribution < 1.29 is 13.2 Å². The number of aromatic nitrogens is 2. The van der Waals surface area contributed by atoms with E-state index in [0.29, 0.717) is 17.1 Å². The van der Waals surface area contributed by atoms with Crippen molar-refractivity contribution in [2.75, 3.05) is 22.1 Å². The first kappa shape index (κ1) is 16.7. The summed E-state index contributed by atoms with van der Waals surface area (Å²) in [5.41, 5.74) is 0.646. The second-order valence-electron chi connectivity index (χ2n) is 5.44. The summed E-state index contributed by atoms with van der Waals surface area (Å²) in [5.74, 6) is 0.000488. The second-order valence-corrected chi connectivity index (χ2v) is 8.08. The molecular weight excluding hydrogens is 352 g/mol. The normalized spacial score (nSPS) is 19.0. The maximum absolute atomic E-state index is 12.3.